The molecule has 120 valence electrons. The molecule has 0 spiro atoms. The average Bonchev–Trinajstić information content (AvgIpc) is 2.53. The highest BCUT2D eigenvalue weighted by Gasteiger charge is 2.22. The molecule has 0 aliphatic heterocycles. The van der Waals surface area contributed by atoms with Crippen molar-refractivity contribution in [1.82, 2.24) is 4.90 Å². The van der Waals surface area contributed by atoms with Gasteiger partial charge in [-0.05, 0) is 25.0 Å². The van der Waals surface area contributed by atoms with Crippen molar-refractivity contribution in [2.24, 2.45) is 0 Å². The molecule has 0 saturated heterocycles. The third-order valence-electron chi connectivity index (χ3n) is 4.06. The van der Waals surface area contributed by atoms with E-state index in [0.29, 0.717) is 17.5 Å². The Morgan fingerprint density at radius 3 is 2.59 bits per heavy atom. The quantitative estimate of drug-likeness (QED) is 0.910. The average molecular weight is 304 g/mol. The number of nitrogens with zero attached hydrogens (tertiary/aromatic N) is 1. The van der Waals surface area contributed by atoms with Crippen LogP contribution in [0, 0.1) is 0 Å². The molecule has 1 aromatic rings. The molecule has 0 heterocycles. The lowest BCUT2D eigenvalue weighted by molar-refractivity contribution is -0.134. The van der Waals surface area contributed by atoms with E-state index in [2.05, 4.69) is 5.32 Å². The van der Waals surface area contributed by atoms with E-state index in [1.807, 2.05) is 19.2 Å². The van der Waals surface area contributed by atoms with Gasteiger partial charge in [-0.25, -0.2) is 0 Å². The third-order valence-corrected chi connectivity index (χ3v) is 4.06. The van der Waals surface area contributed by atoms with E-state index in [-0.39, 0.29) is 18.4 Å². The molecule has 5 nitrogen and oxygen atoms in total. The van der Waals surface area contributed by atoms with E-state index in [0.717, 1.165) is 12.8 Å². The van der Waals surface area contributed by atoms with Gasteiger partial charge in [-0.2, -0.15) is 0 Å². The summed E-state index contributed by atoms with van der Waals surface area (Å²) in [6, 6.07) is 7.46. The molecule has 0 unspecified atom stereocenters. The van der Waals surface area contributed by atoms with Crippen molar-refractivity contribution in [3.05, 3.63) is 24.3 Å². The van der Waals surface area contributed by atoms with Crippen molar-refractivity contribution in [2.75, 3.05) is 19.0 Å². The molecule has 2 amide bonds. The lowest BCUT2D eigenvalue weighted by Crippen LogP contribution is -2.40. The summed E-state index contributed by atoms with van der Waals surface area (Å²) in [4.78, 5) is 25.2. The SMILES string of the molecule is CC(=O)Nc1ccccc1OCC(=O)N(C)C1CCCCC1. The highest BCUT2D eigenvalue weighted by molar-refractivity contribution is 5.90. The summed E-state index contributed by atoms with van der Waals surface area (Å²) < 4.78 is 5.61. The molecule has 1 fully saturated rings. The van der Waals surface area contributed by atoms with E-state index in [9.17, 15) is 9.59 Å². The van der Waals surface area contributed by atoms with Gasteiger partial charge < -0.3 is 15.0 Å². The van der Waals surface area contributed by atoms with E-state index >= 15 is 0 Å². The first-order valence-corrected chi connectivity index (χ1v) is 7.83. The predicted molar refractivity (Wildman–Crippen MR) is 85.9 cm³/mol. The first-order valence-electron chi connectivity index (χ1n) is 7.83. The Balaban J connectivity index is 1.91. The van der Waals surface area contributed by atoms with Gasteiger partial charge in [0.25, 0.3) is 5.91 Å². The number of nitrogens with one attached hydrogen (secondary N) is 1. The molecule has 5 heteroatoms. The lowest BCUT2D eigenvalue weighted by atomic mass is 9.94. The van der Waals surface area contributed by atoms with E-state index in [4.69, 9.17) is 4.74 Å². The largest absolute Gasteiger partial charge is 0.482 e. The van der Waals surface area contributed by atoms with Crippen LogP contribution in [0.25, 0.3) is 0 Å². The van der Waals surface area contributed by atoms with Crippen molar-refractivity contribution >= 4 is 17.5 Å². The predicted octanol–water partition coefficient (Wildman–Crippen LogP) is 2.81. The summed E-state index contributed by atoms with van der Waals surface area (Å²) in [5.74, 6) is 0.328. The number of hydrogen-bond donors (Lipinski definition) is 1. The van der Waals surface area contributed by atoms with Crippen molar-refractivity contribution in [3.8, 4) is 5.75 Å². The van der Waals surface area contributed by atoms with Gasteiger partial charge in [0.1, 0.15) is 5.75 Å². The molecule has 0 aromatic heterocycles. The summed E-state index contributed by atoms with van der Waals surface area (Å²) in [5, 5.41) is 2.70. The van der Waals surface area contributed by atoms with E-state index in [1.54, 1.807) is 17.0 Å². The van der Waals surface area contributed by atoms with Crippen LogP contribution in [-0.4, -0.2) is 36.4 Å². The van der Waals surface area contributed by atoms with Gasteiger partial charge in [0, 0.05) is 20.0 Å². The first kappa shape index (κ1) is 16.3. The fourth-order valence-corrected chi connectivity index (χ4v) is 2.80. The van der Waals surface area contributed by atoms with Gasteiger partial charge in [0.15, 0.2) is 6.61 Å². The number of likely N-dealkylation sites (N-methyl/N-ethyl adjacent to an activating group) is 1. The number of carbonyl (C=O) groups is 2. The van der Waals surface area contributed by atoms with Crippen LogP contribution in [0.5, 0.6) is 5.75 Å². The van der Waals surface area contributed by atoms with Crippen LogP contribution >= 0.6 is 0 Å². The minimum atomic E-state index is -0.165. The number of carbonyl (C=O) groups excluding carboxylic acids is 2. The molecule has 1 saturated carbocycles. The second kappa shape index (κ2) is 7.82. The molecule has 1 aromatic carbocycles. The molecular formula is C17H24N2O3. The van der Waals surface area contributed by atoms with E-state index in [1.165, 1.54) is 26.2 Å². The van der Waals surface area contributed by atoms with Gasteiger partial charge in [0.2, 0.25) is 5.91 Å². The zero-order valence-corrected chi connectivity index (χ0v) is 13.3. The molecule has 2 rings (SSSR count). The van der Waals surface area contributed by atoms with Crippen molar-refractivity contribution in [3.63, 3.8) is 0 Å². The van der Waals surface area contributed by atoms with Crippen LogP contribution in [0.1, 0.15) is 39.0 Å². The monoisotopic (exact) mass is 304 g/mol. The summed E-state index contributed by atoms with van der Waals surface area (Å²) in [5.41, 5.74) is 0.586. The molecule has 22 heavy (non-hydrogen) atoms. The van der Waals surface area contributed by atoms with Gasteiger partial charge in [-0.1, -0.05) is 31.4 Å². The molecular weight excluding hydrogens is 280 g/mol. The van der Waals surface area contributed by atoms with Crippen LogP contribution in [0.3, 0.4) is 0 Å². The Labute approximate surface area is 131 Å². The van der Waals surface area contributed by atoms with Gasteiger partial charge in [-0.15, -0.1) is 0 Å². The Kier molecular flexibility index (Phi) is 5.81. The lowest BCUT2D eigenvalue weighted by Gasteiger charge is -2.31. The normalized spacial score (nSPS) is 15.2. The molecule has 0 atom stereocenters. The highest BCUT2D eigenvalue weighted by atomic mass is 16.5. The maximum atomic E-state index is 12.3. The Morgan fingerprint density at radius 2 is 1.91 bits per heavy atom. The number of hydrogen-bond acceptors (Lipinski definition) is 3. The Hall–Kier alpha value is -2.04. The second-order valence-electron chi connectivity index (χ2n) is 5.76. The summed E-state index contributed by atoms with van der Waals surface area (Å²) in [6.07, 6.45) is 5.79. The standard InChI is InChI=1S/C17H24N2O3/c1-13(20)18-15-10-6-7-11-16(15)22-12-17(21)19(2)14-8-4-3-5-9-14/h6-7,10-11,14H,3-5,8-9,12H2,1-2H3,(H,18,20). The Morgan fingerprint density at radius 1 is 1.23 bits per heavy atom. The van der Waals surface area contributed by atoms with Crippen LogP contribution < -0.4 is 10.1 Å². The van der Waals surface area contributed by atoms with Crippen LogP contribution in [0.15, 0.2) is 24.3 Å². The molecule has 1 aliphatic rings. The summed E-state index contributed by atoms with van der Waals surface area (Å²) >= 11 is 0. The van der Waals surface area contributed by atoms with E-state index < -0.39 is 0 Å². The van der Waals surface area contributed by atoms with Gasteiger partial charge in [-0.3, -0.25) is 9.59 Å². The Bertz CT molecular complexity index is 524. The second-order valence-corrected chi connectivity index (χ2v) is 5.76. The summed E-state index contributed by atoms with van der Waals surface area (Å²) in [7, 11) is 1.85. The van der Waals surface area contributed by atoms with Crippen LogP contribution in [0.2, 0.25) is 0 Å². The number of para-hydroxylation sites is 2. The minimum Gasteiger partial charge on any atom is -0.482 e. The maximum Gasteiger partial charge on any atom is 0.260 e. The third kappa shape index (κ3) is 4.48. The number of rotatable bonds is 5. The minimum absolute atomic E-state index is 0.0103. The first-order chi connectivity index (χ1) is 10.6. The smallest absolute Gasteiger partial charge is 0.260 e. The number of amides is 2. The fraction of sp³-hybridized carbons (Fsp3) is 0.529. The van der Waals surface area contributed by atoms with Gasteiger partial charge in [0.05, 0.1) is 5.69 Å². The number of ether oxygens (including phenoxy) is 1. The van der Waals surface area contributed by atoms with Crippen molar-refractivity contribution < 1.29 is 14.3 Å². The molecule has 1 N–H and O–H groups in total. The number of anilines is 1. The number of benzene rings is 1. The van der Waals surface area contributed by atoms with Crippen molar-refractivity contribution in [1.29, 1.82) is 0 Å². The molecule has 0 radical (unpaired) electrons. The summed E-state index contributed by atoms with van der Waals surface area (Å²) in [6.45, 7) is 1.43. The topological polar surface area (TPSA) is 58.6 Å². The fourth-order valence-electron chi connectivity index (χ4n) is 2.80. The van der Waals surface area contributed by atoms with Crippen molar-refractivity contribution in [2.45, 2.75) is 45.1 Å². The zero-order chi connectivity index (χ0) is 15.9. The van der Waals surface area contributed by atoms with Crippen LogP contribution in [-0.2, 0) is 9.59 Å². The molecule has 1 aliphatic carbocycles. The molecule has 0 bridgehead atoms. The maximum absolute atomic E-state index is 12.3. The highest BCUT2D eigenvalue weighted by Crippen LogP contribution is 2.24. The van der Waals surface area contributed by atoms with Gasteiger partial charge >= 0.3 is 0 Å². The zero-order valence-electron chi connectivity index (χ0n) is 13.3. The van der Waals surface area contributed by atoms with Crippen LogP contribution in [0.4, 0.5) is 5.69 Å².